The third-order valence-corrected chi connectivity index (χ3v) is 5.41. The highest BCUT2D eigenvalue weighted by Crippen LogP contribution is 2.40. The van der Waals surface area contributed by atoms with Crippen molar-refractivity contribution in [2.45, 2.75) is 37.1 Å². The van der Waals surface area contributed by atoms with Gasteiger partial charge in [0.15, 0.2) is 0 Å². The molecule has 0 spiro atoms. The number of nitro groups is 1. The Hall–Kier alpha value is -1.18. The molecule has 0 heterocycles. The van der Waals surface area contributed by atoms with Crippen LogP contribution >= 0.6 is 11.6 Å². The van der Waals surface area contributed by atoms with Gasteiger partial charge in [-0.05, 0) is 44.7 Å². The van der Waals surface area contributed by atoms with Crippen molar-refractivity contribution in [2.75, 3.05) is 0 Å². The maximum Gasteiger partial charge on any atom is 0.289 e. The molecule has 1 saturated carbocycles. The number of rotatable bonds is 5. The summed E-state index contributed by atoms with van der Waals surface area (Å²) in [5, 5.41) is 10.7. The van der Waals surface area contributed by atoms with Crippen molar-refractivity contribution in [3.8, 4) is 0 Å². The minimum absolute atomic E-state index is 0.0876. The molecule has 0 amide bonds. The summed E-state index contributed by atoms with van der Waals surface area (Å²) in [4.78, 5) is 9.96. The Morgan fingerprint density at radius 3 is 2.50 bits per heavy atom. The van der Waals surface area contributed by atoms with Crippen molar-refractivity contribution in [1.82, 2.24) is 4.72 Å². The van der Waals surface area contributed by atoms with Gasteiger partial charge >= 0.3 is 0 Å². The molecule has 1 aliphatic rings. The third kappa shape index (κ3) is 3.11. The Balaban J connectivity index is 2.34. The summed E-state index contributed by atoms with van der Waals surface area (Å²) in [5.74, 6) is 0.305. The summed E-state index contributed by atoms with van der Waals surface area (Å²) < 4.78 is 27.2. The predicted molar refractivity (Wildman–Crippen MR) is 75.2 cm³/mol. The van der Waals surface area contributed by atoms with Gasteiger partial charge in [-0.1, -0.05) is 11.6 Å². The molecule has 0 saturated heterocycles. The molecule has 0 bridgehead atoms. The highest BCUT2D eigenvalue weighted by molar-refractivity contribution is 7.89. The van der Waals surface area contributed by atoms with Gasteiger partial charge in [0.1, 0.15) is 5.02 Å². The van der Waals surface area contributed by atoms with Crippen LogP contribution in [-0.2, 0) is 10.0 Å². The minimum atomic E-state index is -3.81. The highest BCUT2D eigenvalue weighted by Gasteiger charge is 2.40. The number of nitrogens with zero attached hydrogens (tertiary/aromatic N) is 1. The molecule has 6 nitrogen and oxygen atoms in total. The fraction of sp³-hybridized carbons (Fsp3) is 0.500. The van der Waals surface area contributed by atoms with Gasteiger partial charge < -0.3 is 0 Å². The second kappa shape index (κ2) is 4.98. The summed E-state index contributed by atoms with van der Waals surface area (Å²) >= 11 is 5.68. The molecule has 1 fully saturated rings. The van der Waals surface area contributed by atoms with Crippen molar-refractivity contribution in [3.63, 3.8) is 0 Å². The summed E-state index contributed by atoms with van der Waals surface area (Å²) in [6.07, 6.45) is 1.96. The van der Waals surface area contributed by atoms with Crippen LogP contribution in [-0.4, -0.2) is 18.9 Å². The van der Waals surface area contributed by atoms with Crippen LogP contribution in [0.5, 0.6) is 0 Å². The number of benzene rings is 1. The van der Waals surface area contributed by atoms with E-state index in [1.165, 1.54) is 12.1 Å². The zero-order valence-corrected chi connectivity index (χ0v) is 12.7. The molecule has 0 radical (unpaired) electrons. The van der Waals surface area contributed by atoms with E-state index in [2.05, 4.69) is 4.72 Å². The number of nitrogens with one attached hydrogen (secondary N) is 1. The molecule has 0 aliphatic heterocycles. The Morgan fingerprint density at radius 1 is 1.40 bits per heavy atom. The molecule has 8 heteroatoms. The van der Waals surface area contributed by atoms with Crippen molar-refractivity contribution < 1.29 is 13.3 Å². The average molecular weight is 319 g/mol. The lowest BCUT2D eigenvalue weighted by Crippen LogP contribution is -2.45. The maximum absolute atomic E-state index is 12.3. The van der Waals surface area contributed by atoms with Crippen molar-refractivity contribution in [1.29, 1.82) is 0 Å². The molecule has 0 atom stereocenters. The van der Waals surface area contributed by atoms with E-state index in [4.69, 9.17) is 11.6 Å². The van der Waals surface area contributed by atoms with E-state index in [0.29, 0.717) is 5.92 Å². The number of nitro benzene ring substituents is 1. The summed E-state index contributed by atoms with van der Waals surface area (Å²) in [6.45, 7) is 3.62. The van der Waals surface area contributed by atoms with E-state index in [1.54, 1.807) is 0 Å². The number of sulfonamides is 1. The molecule has 110 valence electrons. The Morgan fingerprint density at radius 2 is 2.00 bits per heavy atom. The lowest BCUT2D eigenvalue weighted by atomic mass is 10.0. The number of halogens is 1. The van der Waals surface area contributed by atoms with Gasteiger partial charge in [0, 0.05) is 11.6 Å². The first kappa shape index (κ1) is 15.2. The zero-order valence-electron chi connectivity index (χ0n) is 11.1. The first-order valence-electron chi connectivity index (χ1n) is 6.11. The first-order chi connectivity index (χ1) is 9.13. The van der Waals surface area contributed by atoms with Crippen LogP contribution in [0.1, 0.15) is 26.7 Å². The summed E-state index contributed by atoms with van der Waals surface area (Å²) in [7, 11) is -3.81. The van der Waals surface area contributed by atoms with Crippen LogP contribution in [0.15, 0.2) is 23.1 Å². The fourth-order valence-corrected chi connectivity index (χ4v) is 3.77. The van der Waals surface area contributed by atoms with Gasteiger partial charge in [0.2, 0.25) is 10.0 Å². The van der Waals surface area contributed by atoms with Crippen LogP contribution in [0.2, 0.25) is 5.02 Å². The van der Waals surface area contributed by atoms with Gasteiger partial charge in [0.25, 0.3) is 5.69 Å². The minimum Gasteiger partial charge on any atom is -0.258 e. The molecule has 1 aliphatic carbocycles. The van der Waals surface area contributed by atoms with Crippen LogP contribution in [0, 0.1) is 16.0 Å². The lowest BCUT2D eigenvalue weighted by molar-refractivity contribution is -0.384. The van der Waals surface area contributed by atoms with Crippen molar-refractivity contribution in [2.24, 2.45) is 5.92 Å². The normalized spacial score (nSPS) is 16.1. The second-order valence-electron chi connectivity index (χ2n) is 5.47. The standard InChI is InChI=1S/C12H15ClN2O4S/c1-12(2,8-3-4-8)14-20(18,19)9-5-6-10(13)11(7-9)15(16)17/h5-8,14H,3-4H2,1-2H3. The smallest absolute Gasteiger partial charge is 0.258 e. The Labute approximate surface area is 122 Å². The molecule has 0 unspecified atom stereocenters. The molecular weight excluding hydrogens is 304 g/mol. The van der Waals surface area contributed by atoms with E-state index in [9.17, 15) is 18.5 Å². The maximum atomic E-state index is 12.3. The number of hydrogen-bond acceptors (Lipinski definition) is 4. The van der Waals surface area contributed by atoms with Crippen LogP contribution < -0.4 is 4.72 Å². The first-order valence-corrected chi connectivity index (χ1v) is 7.97. The Kier molecular flexibility index (Phi) is 3.79. The van der Waals surface area contributed by atoms with E-state index in [1.807, 2.05) is 13.8 Å². The van der Waals surface area contributed by atoms with E-state index in [0.717, 1.165) is 18.9 Å². The van der Waals surface area contributed by atoms with Crippen LogP contribution in [0.4, 0.5) is 5.69 Å². The van der Waals surface area contributed by atoms with Gasteiger partial charge in [-0.2, -0.15) is 0 Å². The molecule has 1 N–H and O–H groups in total. The molecule has 1 aromatic rings. The van der Waals surface area contributed by atoms with Crippen molar-refractivity contribution >= 4 is 27.3 Å². The molecule has 0 aromatic heterocycles. The fourth-order valence-electron chi connectivity index (χ4n) is 2.09. The largest absolute Gasteiger partial charge is 0.289 e. The monoisotopic (exact) mass is 318 g/mol. The van der Waals surface area contributed by atoms with Gasteiger partial charge in [-0.3, -0.25) is 10.1 Å². The van der Waals surface area contributed by atoms with Gasteiger partial charge in [-0.25, -0.2) is 13.1 Å². The third-order valence-electron chi connectivity index (χ3n) is 3.42. The predicted octanol–water partition coefficient (Wildman–Crippen LogP) is 2.72. The zero-order chi connectivity index (χ0) is 15.1. The summed E-state index contributed by atoms with van der Waals surface area (Å²) in [6, 6.07) is 3.46. The quantitative estimate of drug-likeness (QED) is 0.667. The molecule has 1 aromatic carbocycles. The van der Waals surface area contributed by atoms with Crippen LogP contribution in [0.25, 0.3) is 0 Å². The van der Waals surface area contributed by atoms with Gasteiger partial charge in [0.05, 0.1) is 9.82 Å². The molecular formula is C12H15ClN2O4S. The average Bonchev–Trinajstić information content (AvgIpc) is 3.11. The van der Waals surface area contributed by atoms with E-state index < -0.39 is 26.2 Å². The Bertz CT molecular complexity index is 653. The topological polar surface area (TPSA) is 89.3 Å². The van der Waals surface area contributed by atoms with E-state index >= 15 is 0 Å². The summed E-state index contributed by atoms with van der Waals surface area (Å²) in [5.41, 5.74) is -0.980. The van der Waals surface area contributed by atoms with Crippen LogP contribution in [0.3, 0.4) is 0 Å². The van der Waals surface area contributed by atoms with Gasteiger partial charge in [-0.15, -0.1) is 0 Å². The highest BCUT2D eigenvalue weighted by atomic mass is 35.5. The molecule has 2 rings (SSSR count). The molecule has 20 heavy (non-hydrogen) atoms. The lowest BCUT2D eigenvalue weighted by Gasteiger charge is -2.25. The second-order valence-corrected chi connectivity index (χ2v) is 7.56. The number of hydrogen-bond donors (Lipinski definition) is 1. The SMILES string of the molecule is CC(C)(NS(=O)(=O)c1ccc(Cl)c([N+](=O)[O-])c1)C1CC1. The van der Waals surface area contributed by atoms with Crippen molar-refractivity contribution in [3.05, 3.63) is 33.3 Å². The van der Waals surface area contributed by atoms with E-state index in [-0.39, 0.29) is 9.92 Å².